The van der Waals surface area contributed by atoms with E-state index < -0.39 is 15.9 Å². The molecule has 22 heavy (non-hydrogen) atoms. The number of urea groups is 1. The van der Waals surface area contributed by atoms with Crippen molar-refractivity contribution in [3.63, 3.8) is 0 Å². The maximum absolute atomic E-state index is 12.0. The highest BCUT2D eigenvalue weighted by Crippen LogP contribution is 2.21. The van der Waals surface area contributed by atoms with Crippen molar-refractivity contribution in [2.24, 2.45) is 0 Å². The topological polar surface area (TPSA) is 104 Å². The van der Waals surface area contributed by atoms with Crippen molar-refractivity contribution in [1.29, 1.82) is 0 Å². The van der Waals surface area contributed by atoms with E-state index in [0.717, 1.165) is 11.9 Å². The highest BCUT2D eigenvalue weighted by molar-refractivity contribution is 7.90. The number of aromatic nitrogens is 2. The molecule has 0 bridgehead atoms. The molecule has 1 heterocycles. The maximum Gasteiger partial charge on any atom is 0.324 e. The maximum atomic E-state index is 12.0. The Balaban J connectivity index is 2.13. The van der Waals surface area contributed by atoms with Crippen LogP contribution >= 0.6 is 0 Å². The van der Waals surface area contributed by atoms with Gasteiger partial charge in [0.15, 0.2) is 15.7 Å². The van der Waals surface area contributed by atoms with E-state index in [9.17, 15) is 13.2 Å². The van der Waals surface area contributed by atoms with E-state index in [2.05, 4.69) is 20.8 Å². The predicted molar refractivity (Wildman–Crippen MR) is 84.9 cm³/mol. The quantitative estimate of drug-likeness (QED) is 0.804. The average Bonchev–Trinajstić information content (AvgIpc) is 2.86. The van der Waals surface area contributed by atoms with E-state index in [-0.39, 0.29) is 16.5 Å². The molecule has 2 amide bonds. The summed E-state index contributed by atoms with van der Waals surface area (Å²) in [5, 5.41) is 11.9. The molecule has 0 radical (unpaired) electrons. The zero-order valence-electron chi connectivity index (χ0n) is 12.5. The first-order chi connectivity index (χ1) is 10.3. The number of nitrogens with zero attached hydrogens (tertiary/aromatic N) is 1. The first-order valence-corrected chi connectivity index (χ1v) is 8.59. The van der Waals surface area contributed by atoms with Crippen LogP contribution in [0, 0.1) is 0 Å². The van der Waals surface area contributed by atoms with Crippen LogP contribution in [0.3, 0.4) is 0 Å². The van der Waals surface area contributed by atoms with Crippen molar-refractivity contribution in [2.75, 3.05) is 16.9 Å². The van der Waals surface area contributed by atoms with Crippen LogP contribution in [-0.2, 0) is 9.84 Å². The van der Waals surface area contributed by atoms with E-state index >= 15 is 0 Å². The van der Waals surface area contributed by atoms with Gasteiger partial charge in [-0.2, -0.15) is 5.10 Å². The molecular formula is C14H18N4O3S. The number of sulfone groups is 1. The van der Waals surface area contributed by atoms with E-state index in [1.165, 1.54) is 12.1 Å². The number of nitrogens with one attached hydrogen (secondary N) is 3. The molecule has 0 aliphatic rings. The van der Waals surface area contributed by atoms with Crippen molar-refractivity contribution in [2.45, 2.75) is 24.7 Å². The second kappa shape index (κ2) is 6.18. The number of hydrogen-bond donors (Lipinski definition) is 3. The van der Waals surface area contributed by atoms with Gasteiger partial charge in [-0.1, -0.05) is 26.0 Å². The Morgan fingerprint density at radius 3 is 2.50 bits per heavy atom. The van der Waals surface area contributed by atoms with Gasteiger partial charge in [-0.3, -0.25) is 10.4 Å². The predicted octanol–water partition coefficient (Wildman–Crippen LogP) is 2.58. The smallest absolute Gasteiger partial charge is 0.306 e. The summed E-state index contributed by atoms with van der Waals surface area (Å²) in [7, 11) is -3.42. The molecule has 7 nitrogen and oxygen atoms in total. The Hall–Kier alpha value is -2.35. The number of hydrogen-bond acceptors (Lipinski definition) is 4. The van der Waals surface area contributed by atoms with Gasteiger partial charge >= 0.3 is 6.03 Å². The molecule has 0 saturated carbocycles. The van der Waals surface area contributed by atoms with Gasteiger partial charge in [-0.25, -0.2) is 13.2 Å². The lowest BCUT2D eigenvalue weighted by atomic mass is 10.1. The fraction of sp³-hybridized carbons (Fsp3) is 0.286. The van der Waals surface area contributed by atoms with Gasteiger partial charge in [0.25, 0.3) is 0 Å². The second-order valence-corrected chi connectivity index (χ2v) is 7.19. The Morgan fingerprint density at radius 1 is 1.23 bits per heavy atom. The zero-order chi connectivity index (χ0) is 16.3. The van der Waals surface area contributed by atoms with E-state index in [0.29, 0.717) is 5.82 Å². The van der Waals surface area contributed by atoms with Crippen molar-refractivity contribution in [1.82, 2.24) is 10.2 Å². The summed E-state index contributed by atoms with van der Waals surface area (Å²) in [5.74, 6) is 0.634. The van der Waals surface area contributed by atoms with Gasteiger partial charge in [0.2, 0.25) is 0 Å². The van der Waals surface area contributed by atoms with Crippen LogP contribution in [-0.4, -0.2) is 30.9 Å². The minimum Gasteiger partial charge on any atom is -0.306 e. The Kier molecular flexibility index (Phi) is 4.51. The van der Waals surface area contributed by atoms with Gasteiger partial charge in [-0.15, -0.1) is 0 Å². The summed E-state index contributed by atoms with van der Waals surface area (Å²) >= 11 is 0. The van der Waals surface area contributed by atoms with Crippen LogP contribution in [0.5, 0.6) is 0 Å². The van der Waals surface area contributed by atoms with E-state index in [1.54, 1.807) is 18.2 Å². The fourth-order valence-electron chi connectivity index (χ4n) is 1.86. The highest BCUT2D eigenvalue weighted by atomic mass is 32.2. The number of rotatable bonds is 4. The summed E-state index contributed by atoms with van der Waals surface area (Å²) in [6.07, 6.45) is 1.09. The summed E-state index contributed by atoms with van der Waals surface area (Å²) in [6, 6.07) is 7.39. The van der Waals surface area contributed by atoms with Crippen LogP contribution in [0.15, 0.2) is 35.2 Å². The third-order valence-electron chi connectivity index (χ3n) is 3.00. The zero-order valence-corrected chi connectivity index (χ0v) is 13.4. The van der Waals surface area contributed by atoms with Gasteiger partial charge in [0.1, 0.15) is 0 Å². The van der Waals surface area contributed by atoms with Crippen molar-refractivity contribution >= 4 is 27.4 Å². The monoisotopic (exact) mass is 322 g/mol. The molecule has 3 N–H and O–H groups in total. The molecule has 0 fully saturated rings. The minimum atomic E-state index is -3.42. The van der Waals surface area contributed by atoms with Crippen molar-refractivity contribution in [3.05, 3.63) is 36.0 Å². The fourth-order valence-corrected chi connectivity index (χ4v) is 2.70. The van der Waals surface area contributed by atoms with Crippen LogP contribution in [0.2, 0.25) is 0 Å². The van der Waals surface area contributed by atoms with Gasteiger partial charge in [0, 0.05) is 18.0 Å². The molecular weight excluding hydrogens is 304 g/mol. The Morgan fingerprint density at radius 2 is 1.91 bits per heavy atom. The van der Waals surface area contributed by atoms with Gasteiger partial charge < -0.3 is 5.32 Å². The SMILES string of the molecule is CC(C)c1cc(NC(=O)Nc2ccccc2S(C)(=O)=O)n[nH]1. The molecule has 118 valence electrons. The van der Waals surface area contributed by atoms with Crippen LogP contribution in [0.4, 0.5) is 16.3 Å². The minimum absolute atomic E-state index is 0.0649. The van der Waals surface area contributed by atoms with E-state index in [4.69, 9.17) is 0 Å². The summed E-state index contributed by atoms with van der Waals surface area (Å²) in [4.78, 5) is 12.0. The highest BCUT2D eigenvalue weighted by Gasteiger charge is 2.15. The number of aromatic amines is 1. The molecule has 1 aromatic carbocycles. The lowest BCUT2D eigenvalue weighted by molar-refractivity contribution is 0.262. The number of anilines is 2. The summed E-state index contributed by atoms with van der Waals surface area (Å²) in [5.41, 5.74) is 1.12. The van der Waals surface area contributed by atoms with Crippen molar-refractivity contribution in [3.8, 4) is 0 Å². The van der Waals surface area contributed by atoms with E-state index in [1.807, 2.05) is 13.8 Å². The van der Waals surface area contributed by atoms with Gasteiger partial charge in [-0.05, 0) is 18.1 Å². The molecule has 1 aromatic heterocycles. The molecule has 2 rings (SSSR count). The number of carbonyl (C=O) groups is 1. The Bertz CT molecular complexity index is 781. The first-order valence-electron chi connectivity index (χ1n) is 6.70. The first kappa shape index (κ1) is 16.0. The summed E-state index contributed by atoms with van der Waals surface area (Å²) in [6.45, 7) is 4.00. The number of amides is 2. The molecule has 0 aliphatic heterocycles. The van der Waals surface area contributed by atoms with Crippen LogP contribution in [0.25, 0.3) is 0 Å². The average molecular weight is 322 g/mol. The molecule has 0 aliphatic carbocycles. The molecule has 0 spiro atoms. The van der Waals surface area contributed by atoms with Crippen LogP contribution in [0.1, 0.15) is 25.5 Å². The van der Waals surface area contributed by atoms with Crippen molar-refractivity contribution < 1.29 is 13.2 Å². The standard InChI is InChI=1S/C14H18N4O3S/c1-9(2)11-8-13(18-17-11)16-14(19)15-10-6-4-5-7-12(10)22(3,20)21/h4-9H,1-3H3,(H3,15,16,17,18,19). The number of H-pyrrole nitrogens is 1. The number of para-hydroxylation sites is 1. The number of benzene rings is 1. The normalized spacial score (nSPS) is 11.5. The van der Waals surface area contributed by atoms with Gasteiger partial charge in [0.05, 0.1) is 10.6 Å². The Labute approximate surface area is 129 Å². The molecule has 8 heteroatoms. The molecule has 2 aromatic rings. The third-order valence-corrected chi connectivity index (χ3v) is 4.15. The molecule has 0 unspecified atom stereocenters. The lowest BCUT2D eigenvalue weighted by Crippen LogP contribution is -2.21. The second-order valence-electron chi connectivity index (χ2n) is 5.21. The number of carbonyl (C=O) groups excluding carboxylic acids is 1. The largest absolute Gasteiger partial charge is 0.324 e. The lowest BCUT2D eigenvalue weighted by Gasteiger charge is -2.09. The van der Waals surface area contributed by atoms with Crippen LogP contribution < -0.4 is 10.6 Å². The summed E-state index contributed by atoms with van der Waals surface area (Å²) < 4.78 is 23.4. The molecule has 0 atom stereocenters. The third kappa shape index (κ3) is 3.85. The molecule has 0 saturated heterocycles.